The maximum Gasteiger partial charge on any atom is 0.319 e. The molecule has 1 fully saturated rings. The molecule has 20 heavy (non-hydrogen) atoms. The van der Waals surface area contributed by atoms with E-state index in [0.29, 0.717) is 6.04 Å². The van der Waals surface area contributed by atoms with Gasteiger partial charge in [0, 0.05) is 24.8 Å². The van der Waals surface area contributed by atoms with Crippen LogP contribution in [0, 0.1) is 0 Å². The van der Waals surface area contributed by atoms with Crippen LogP contribution in [0.15, 0.2) is 30.3 Å². The number of amides is 2. The van der Waals surface area contributed by atoms with Gasteiger partial charge in [-0.1, -0.05) is 24.6 Å². The van der Waals surface area contributed by atoms with Crippen LogP contribution in [0.5, 0.6) is 0 Å². The second-order valence-electron chi connectivity index (χ2n) is 5.48. The van der Waals surface area contributed by atoms with Crippen molar-refractivity contribution in [1.82, 2.24) is 10.2 Å². The number of hydrogen-bond acceptors (Lipinski definition) is 2. The summed E-state index contributed by atoms with van der Waals surface area (Å²) in [6.45, 7) is 5.31. The zero-order chi connectivity index (χ0) is 14.2. The van der Waals surface area contributed by atoms with Crippen LogP contribution in [0.3, 0.4) is 0 Å². The average Bonchev–Trinajstić information content (AvgIpc) is 2.46. The van der Waals surface area contributed by atoms with Crippen LogP contribution < -0.4 is 10.6 Å². The standard InChI is InChI=1S/C16H25N3O/c1-14-8-5-6-12-19(14)13-7-11-17-16(20)18-15-9-3-2-4-10-15/h2-4,9-10,14H,5-8,11-13H2,1H3,(H2,17,18,20)/t14-/m0/s1. The molecule has 110 valence electrons. The molecule has 1 saturated heterocycles. The number of carbonyl (C=O) groups excluding carboxylic acids is 1. The third-order valence-corrected chi connectivity index (χ3v) is 3.88. The SMILES string of the molecule is C[C@H]1CCCCN1CCCNC(=O)Nc1ccccc1. The van der Waals surface area contributed by atoms with Gasteiger partial charge in [0.1, 0.15) is 0 Å². The summed E-state index contributed by atoms with van der Waals surface area (Å²) in [6, 6.07) is 10.1. The summed E-state index contributed by atoms with van der Waals surface area (Å²) in [5.41, 5.74) is 0.828. The highest BCUT2D eigenvalue weighted by molar-refractivity contribution is 5.89. The number of urea groups is 1. The highest BCUT2D eigenvalue weighted by Crippen LogP contribution is 2.16. The molecule has 1 aliphatic rings. The summed E-state index contributed by atoms with van der Waals surface area (Å²) in [5.74, 6) is 0. The number of anilines is 1. The Morgan fingerprint density at radius 1 is 1.30 bits per heavy atom. The number of hydrogen-bond donors (Lipinski definition) is 2. The second-order valence-corrected chi connectivity index (χ2v) is 5.48. The first-order chi connectivity index (χ1) is 9.75. The van der Waals surface area contributed by atoms with E-state index in [1.54, 1.807) is 0 Å². The molecule has 0 unspecified atom stereocenters. The molecule has 1 atom stereocenters. The minimum atomic E-state index is -0.122. The van der Waals surface area contributed by atoms with Crippen molar-refractivity contribution in [3.63, 3.8) is 0 Å². The maximum atomic E-state index is 11.7. The summed E-state index contributed by atoms with van der Waals surface area (Å²) in [6.07, 6.45) is 4.98. The third-order valence-electron chi connectivity index (χ3n) is 3.88. The Morgan fingerprint density at radius 2 is 2.10 bits per heavy atom. The van der Waals surface area contributed by atoms with Crippen LogP contribution in [0.2, 0.25) is 0 Å². The average molecular weight is 275 g/mol. The summed E-state index contributed by atoms with van der Waals surface area (Å²) < 4.78 is 0. The van der Waals surface area contributed by atoms with Gasteiger partial charge < -0.3 is 15.5 Å². The van der Waals surface area contributed by atoms with Crippen molar-refractivity contribution in [2.24, 2.45) is 0 Å². The van der Waals surface area contributed by atoms with Crippen molar-refractivity contribution in [3.05, 3.63) is 30.3 Å². The minimum absolute atomic E-state index is 0.122. The van der Waals surface area contributed by atoms with Crippen molar-refractivity contribution in [2.75, 3.05) is 25.0 Å². The zero-order valence-electron chi connectivity index (χ0n) is 12.3. The fourth-order valence-electron chi connectivity index (χ4n) is 2.67. The molecule has 1 aromatic rings. The number of benzene rings is 1. The molecule has 0 saturated carbocycles. The maximum absolute atomic E-state index is 11.7. The Balaban J connectivity index is 1.60. The summed E-state index contributed by atoms with van der Waals surface area (Å²) >= 11 is 0. The molecule has 4 nitrogen and oxygen atoms in total. The molecule has 1 aromatic carbocycles. The van der Waals surface area contributed by atoms with E-state index in [9.17, 15) is 4.79 Å². The van der Waals surface area contributed by atoms with Gasteiger partial charge in [-0.05, 0) is 44.9 Å². The van der Waals surface area contributed by atoms with Crippen molar-refractivity contribution >= 4 is 11.7 Å². The molecular weight excluding hydrogens is 250 g/mol. The van der Waals surface area contributed by atoms with Gasteiger partial charge in [-0.2, -0.15) is 0 Å². The number of para-hydroxylation sites is 1. The lowest BCUT2D eigenvalue weighted by Gasteiger charge is -2.33. The number of likely N-dealkylation sites (tertiary alicyclic amines) is 1. The lowest BCUT2D eigenvalue weighted by atomic mass is 10.0. The third kappa shape index (κ3) is 4.85. The first-order valence-corrected chi connectivity index (χ1v) is 7.59. The van der Waals surface area contributed by atoms with E-state index in [4.69, 9.17) is 0 Å². The topological polar surface area (TPSA) is 44.4 Å². The van der Waals surface area contributed by atoms with Gasteiger partial charge in [-0.25, -0.2) is 4.79 Å². The van der Waals surface area contributed by atoms with E-state index in [2.05, 4.69) is 22.5 Å². The van der Waals surface area contributed by atoms with Crippen molar-refractivity contribution in [2.45, 2.75) is 38.6 Å². The van der Waals surface area contributed by atoms with Crippen molar-refractivity contribution < 1.29 is 4.79 Å². The molecular formula is C16H25N3O. The fraction of sp³-hybridized carbons (Fsp3) is 0.562. The van der Waals surface area contributed by atoms with Crippen LogP contribution in [0.1, 0.15) is 32.6 Å². The Kier molecular flexibility index (Phi) is 5.87. The molecule has 1 aliphatic heterocycles. The van der Waals surface area contributed by atoms with Gasteiger partial charge in [0.05, 0.1) is 0 Å². The monoisotopic (exact) mass is 275 g/mol. The molecule has 0 spiro atoms. The number of carbonyl (C=O) groups is 1. The Bertz CT molecular complexity index is 407. The van der Waals surface area contributed by atoms with Crippen LogP contribution in [0.4, 0.5) is 10.5 Å². The highest BCUT2D eigenvalue weighted by Gasteiger charge is 2.17. The van der Waals surface area contributed by atoms with Gasteiger partial charge in [0.2, 0.25) is 0 Å². The lowest BCUT2D eigenvalue weighted by Crippen LogP contribution is -2.39. The minimum Gasteiger partial charge on any atom is -0.338 e. The molecule has 0 aliphatic carbocycles. The molecule has 2 rings (SSSR count). The second kappa shape index (κ2) is 7.90. The fourth-order valence-corrected chi connectivity index (χ4v) is 2.67. The van der Waals surface area contributed by atoms with E-state index in [0.717, 1.165) is 25.2 Å². The number of nitrogens with one attached hydrogen (secondary N) is 2. The van der Waals surface area contributed by atoms with Gasteiger partial charge in [0.25, 0.3) is 0 Å². The van der Waals surface area contributed by atoms with Gasteiger partial charge >= 0.3 is 6.03 Å². The number of piperidine rings is 1. The number of rotatable bonds is 5. The van der Waals surface area contributed by atoms with E-state index >= 15 is 0 Å². The Morgan fingerprint density at radius 3 is 2.85 bits per heavy atom. The molecule has 0 radical (unpaired) electrons. The van der Waals surface area contributed by atoms with E-state index in [1.807, 2.05) is 30.3 Å². The van der Waals surface area contributed by atoms with Crippen LogP contribution in [-0.4, -0.2) is 36.6 Å². The summed E-state index contributed by atoms with van der Waals surface area (Å²) in [4.78, 5) is 14.2. The smallest absolute Gasteiger partial charge is 0.319 e. The molecule has 4 heteroatoms. The van der Waals surface area contributed by atoms with Crippen LogP contribution in [-0.2, 0) is 0 Å². The van der Waals surface area contributed by atoms with Gasteiger partial charge in [0.15, 0.2) is 0 Å². The Labute approximate surface area is 121 Å². The van der Waals surface area contributed by atoms with Crippen LogP contribution in [0.25, 0.3) is 0 Å². The van der Waals surface area contributed by atoms with Crippen molar-refractivity contribution in [3.8, 4) is 0 Å². The number of nitrogens with zero attached hydrogens (tertiary/aromatic N) is 1. The predicted molar refractivity (Wildman–Crippen MR) is 83.0 cm³/mol. The summed E-state index contributed by atoms with van der Waals surface area (Å²) in [7, 11) is 0. The van der Waals surface area contributed by atoms with Crippen LogP contribution >= 0.6 is 0 Å². The van der Waals surface area contributed by atoms with E-state index < -0.39 is 0 Å². The molecule has 2 N–H and O–H groups in total. The lowest BCUT2D eigenvalue weighted by molar-refractivity contribution is 0.159. The van der Waals surface area contributed by atoms with Gasteiger partial charge in [-0.15, -0.1) is 0 Å². The predicted octanol–water partition coefficient (Wildman–Crippen LogP) is 3.07. The van der Waals surface area contributed by atoms with E-state index in [1.165, 1.54) is 25.8 Å². The molecule has 1 heterocycles. The molecule has 0 bridgehead atoms. The van der Waals surface area contributed by atoms with Crippen molar-refractivity contribution in [1.29, 1.82) is 0 Å². The first-order valence-electron chi connectivity index (χ1n) is 7.59. The normalized spacial score (nSPS) is 19.6. The largest absolute Gasteiger partial charge is 0.338 e. The van der Waals surface area contributed by atoms with Gasteiger partial charge in [-0.3, -0.25) is 0 Å². The molecule has 0 aromatic heterocycles. The van der Waals surface area contributed by atoms with E-state index in [-0.39, 0.29) is 6.03 Å². The highest BCUT2D eigenvalue weighted by atomic mass is 16.2. The Hall–Kier alpha value is -1.55. The zero-order valence-corrected chi connectivity index (χ0v) is 12.3. The first kappa shape index (κ1) is 14.9. The quantitative estimate of drug-likeness (QED) is 0.811. The molecule has 2 amide bonds. The summed E-state index contributed by atoms with van der Waals surface area (Å²) in [5, 5.41) is 5.73.